The van der Waals surface area contributed by atoms with Crippen molar-refractivity contribution in [1.82, 2.24) is 9.13 Å². The van der Waals surface area contributed by atoms with Crippen molar-refractivity contribution in [2.45, 2.75) is 0 Å². The van der Waals surface area contributed by atoms with Gasteiger partial charge in [0.25, 0.3) is 11.3 Å². The molecule has 0 unspecified atom stereocenters. The standard InChI is InChI=1S/C28H22N4/c1-3-11-23(12-4-1)25-21-29-17-9-7-15-27(29)31(25)19-20-32-26(24-13-5-2-6-14-24)22-30-18-10-8-16-28(30)32/h1-22H/q+2/b20-19+. The average molecular weight is 415 g/mol. The van der Waals surface area contributed by atoms with E-state index in [0.717, 1.165) is 22.7 Å². The molecule has 4 nitrogen and oxygen atoms in total. The molecular formula is C28H22N4+2. The summed E-state index contributed by atoms with van der Waals surface area (Å²) in [5.74, 6) is 0. The molecule has 0 saturated heterocycles. The molecule has 152 valence electrons. The van der Waals surface area contributed by atoms with Crippen LogP contribution in [0.3, 0.4) is 0 Å². The summed E-state index contributed by atoms with van der Waals surface area (Å²) < 4.78 is 8.80. The Kier molecular flexibility index (Phi) is 4.40. The molecule has 4 aromatic heterocycles. The minimum absolute atomic E-state index is 1.10. The van der Waals surface area contributed by atoms with E-state index in [0.29, 0.717) is 0 Å². The number of hydrogen-bond acceptors (Lipinski definition) is 0. The second kappa shape index (κ2) is 7.67. The predicted octanol–water partition coefficient (Wildman–Crippen LogP) is 5.19. The van der Waals surface area contributed by atoms with Gasteiger partial charge in [0.1, 0.15) is 24.8 Å². The van der Waals surface area contributed by atoms with Crippen molar-refractivity contribution in [3.8, 4) is 22.5 Å². The van der Waals surface area contributed by atoms with Crippen LogP contribution in [0.4, 0.5) is 0 Å². The Morgan fingerprint density at radius 3 is 1.31 bits per heavy atom. The zero-order valence-corrected chi connectivity index (χ0v) is 17.5. The first-order valence-corrected chi connectivity index (χ1v) is 10.7. The number of nitrogens with zero attached hydrogens (tertiary/aromatic N) is 4. The molecule has 0 bridgehead atoms. The Hall–Kier alpha value is -4.44. The molecule has 0 aliphatic rings. The summed E-state index contributed by atoms with van der Waals surface area (Å²) in [5, 5.41) is 0. The van der Waals surface area contributed by atoms with Crippen molar-refractivity contribution in [1.29, 1.82) is 0 Å². The molecule has 32 heavy (non-hydrogen) atoms. The molecule has 6 aromatic rings. The minimum atomic E-state index is 1.10. The topological polar surface area (TPSA) is 18.1 Å². The van der Waals surface area contributed by atoms with Crippen LogP contribution in [-0.4, -0.2) is 9.13 Å². The first-order chi connectivity index (χ1) is 15.9. The molecule has 0 amide bonds. The quantitative estimate of drug-likeness (QED) is 0.354. The van der Waals surface area contributed by atoms with Gasteiger partial charge < -0.3 is 0 Å². The molecule has 0 spiro atoms. The minimum Gasteiger partial charge on any atom is -0.202 e. The van der Waals surface area contributed by atoms with Crippen LogP contribution >= 0.6 is 0 Å². The van der Waals surface area contributed by atoms with Gasteiger partial charge >= 0.3 is 0 Å². The lowest BCUT2D eigenvalue weighted by Crippen LogP contribution is -2.17. The van der Waals surface area contributed by atoms with E-state index in [1.807, 2.05) is 0 Å². The highest BCUT2D eigenvalue weighted by Crippen LogP contribution is 2.23. The highest BCUT2D eigenvalue weighted by molar-refractivity contribution is 5.71. The summed E-state index contributed by atoms with van der Waals surface area (Å²) in [6.07, 6.45) is 12.8. The van der Waals surface area contributed by atoms with Gasteiger partial charge in [-0.3, -0.25) is 0 Å². The van der Waals surface area contributed by atoms with E-state index in [1.165, 1.54) is 11.1 Å². The summed E-state index contributed by atoms with van der Waals surface area (Å²) >= 11 is 0. The number of fused-ring (bicyclic) bond motifs is 2. The van der Waals surface area contributed by atoms with E-state index in [4.69, 9.17) is 0 Å². The van der Waals surface area contributed by atoms with Crippen LogP contribution in [0.1, 0.15) is 0 Å². The molecule has 0 fully saturated rings. The summed E-state index contributed by atoms with van der Waals surface area (Å²) in [4.78, 5) is 0. The van der Waals surface area contributed by atoms with E-state index < -0.39 is 0 Å². The van der Waals surface area contributed by atoms with Crippen LogP contribution in [0.5, 0.6) is 0 Å². The lowest BCUT2D eigenvalue weighted by Gasteiger charge is -1.99. The van der Waals surface area contributed by atoms with Crippen LogP contribution in [0.2, 0.25) is 0 Å². The lowest BCUT2D eigenvalue weighted by molar-refractivity contribution is -0.510. The van der Waals surface area contributed by atoms with Crippen LogP contribution in [0.25, 0.3) is 46.2 Å². The van der Waals surface area contributed by atoms with Gasteiger partial charge in [0.2, 0.25) is 0 Å². The number of benzene rings is 2. The van der Waals surface area contributed by atoms with Crippen molar-refractivity contribution in [2.24, 2.45) is 0 Å². The van der Waals surface area contributed by atoms with E-state index in [9.17, 15) is 0 Å². The second-order valence-electron chi connectivity index (χ2n) is 7.73. The monoisotopic (exact) mass is 414 g/mol. The van der Waals surface area contributed by atoms with Crippen molar-refractivity contribution >= 4 is 23.7 Å². The summed E-state index contributed by atoms with van der Waals surface area (Å²) in [6, 6.07) is 33.5. The maximum atomic E-state index is 2.24. The van der Waals surface area contributed by atoms with Gasteiger partial charge in [-0.1, -0.05) is 72.8 Å². The van der Waals surface area contributed by atoms with Gasteiger partial charge in [-0.15, -0.1) is 0 Å². The summed E-state index contributed by atoms with van der Waals surface area (Å²) in [6.45, 7) is 0. The van der Waals surface area contributed by atoms with Crippen LogP contribution in [-0.2, 0) is 0 Å². The predicted molar refractivity (Wildman–Crippen MR) is 128 cm³/mol. The summed E-state index contributed by atoms with van der Waals surface area (Å²) in [5.41, 5.74) is 6.84. The highest BCUT2D eigenvalue weighted by atomic mass is 15.1. The van der Waals surface area contributed by atoms with E-state index in [2.05, 4.69) is 152 Å². The zero-order valence-electron chi connectivity index (χ0n) is 17.5. The Labute approximate surface area is 186 Å². The first-order valence-electron chi connectivity index (χ1n) is 10.7. The largest absolute Gasteiger partial charge is 0.291 e. The van der Waals surface area contributed by atoms with Crippen molar-refractivity contribution in [3.63, 3.8) is 0 Å². The highest BCUT2D eigenvalue weighted by Gasteiger charge is 2.20. The van der Waals surface area contributed by atoms with Crippen molar-refractivity contribution < 1.29 is 8.80 Å². The number of aromatic nitrogens is 4. The Balaban J connectivity index is 1.57. The van der Waals surface area contributed by atoms with Gasteiger partial charge in [0, 0.05) is 23.3 Å². The number of hydrogen-bond donors (Lipinski definition) is 0. The first kappa shape index (κ1) is 18.3. The molecule has 4 heteroatoms. The molecular weight excluding hydrogens is 392 g/mol. The zero-order chi connectivity index (χ0) is 21.3. The smallest absolute Gasteiger partial charge is 0.202 e. The number of pyridine rings is 2. The molecule has 0 atom stereocenters. The normalized spacial score (nSPS) is 11.6. The molecule has 0 aliphatic carbocycles. The maximum absolute atomic E-state index is 2.24. The fraction of sp³-hybridized carbons (Fsp3) is 0. The van der Waals surface area contributed by atoms with Gasteiger partial charge in [-0.25, -0.2) is 8.80 Å². The second-order valence-corrected chi connectivity index (χ2v) is 7.73. The van der Waals surface area contributed by atoms with E-state index >= 15 is 0 Å². The van der Waals surface area contributed by atoms with Crippen LogP contribution in [0, 0.1) is 0 Å². The van der Waals surface area contributed by atoms with Crippen molar-refractivity contribution in [3.05, 3.63) is 122 Å². The third-order valence-electron chi connectivity index (χ3n) is 5.77. The third-order valence-corrected chi connectivity index (χ3v) is 5.77. The molecule has 0 radical (unpaired) electrons. The molecule has 2 aromatic carbocycles. The average Bonchev–Trinajstić information content (AvgIpc) is 3.42. The summed E-state index contributed by atoms with van der Waals surface area (Å²) in [7, 11) is 0. The molecule has 6 rings (SSSR count). The van der Waals surface area contributed by atoms with Gasteiger partial charge in [-0.05, 0) is 12.1 Å². The molecule has 0 saturated carbocycles. The lowest BCUT2D eigenvalue weighted by atomic mass is 10.2. The van der Waals surface area contributed by atoms with Gasteiger partial charge in [0.15, 0.2) is 11.4 Å². The fourth-order valence-corrected chi connectivity index (χ4v) is 4.25. The maximum Gasteiger partial charge on any atom is 0.291 e. The molecule has 0 N–H and O–H groups in total. The van der Waals surface area contributed by atoms with Gasteiger partial charge in [0.05, 0.1) is 12.4 Å². The Morgan fingerprint density at radius 2 is 0.875 bits per heavy atom. The Morgan fingerprint density at radius 1 is 0.469 bits per heavy atom. The molecule has 0 aliphatic heterocycles. The van der Waals surface area contributed by atoms with Gasteiger partial charge in [-0.2, -0.15) is 9.13 Å². The molecule has 4 heterocycles. The van der Waals surface area contributed by atoms with E-state index in [1.54, 1.807) is 0 Å². The third kappa shape index (κ3) is 3.10. The fourth-order valence-electron chi connectivity index (χ4n) is 4.25. The van der Waals surface area contributed by atoms with Crippen LogP contribution in [0.15, 0.2) is 122 Å². The Bertz CT molecular complexity index is 1440. The van der Waals surface area contributed by atoms with E-state index in [-0.39, 0.29) is 0 Å². The van der Waals surface area contributed by atoms with Crippen molar-refractivity contribution in [2.75, 3.05) is 0 Å². The van der Waals surface area contributed by atoms with Crippen LogP contribution < -0.4 is 8.80 Å². The number of rotatable bonds is 4. The number of imidazole rings is 2. The SMILES string of the molecule is C(=C\n1c(-c2ccccc2)c[n+]2ccccc12)/n1c(-c2ccccc2)c[n+]2ccccc12.